The first-order valence-corrected chi connectivity index (χ1v) is 10.0. The minimum Gasteiger partial charge on any atom is -0.493 e. The molecule has 34 heavy (non-hydrogen) atoms. The number of nitrogens with one attached hydrogen (secondary N) is 1. The summed E-state index contributed by atoms with van der Waals surface area (Å²) in [6.45, 7) is -1.57. The van der Waals surface area contributed by atoms with Gasteiger partial charge in [0.15, 0.2) is 11.5 Å². The fourth-order valence-corrected chi connectivity index (χ4v) is 3.51. The van der Waals surface area contributed by atoms with Crippen LogP contribution in [0.25, 0.3) is 0 Å². The Kier molecular flexibility index (Phi) is 7.29. The Morgan fingerprint density at radius 3 is 2.50 bits per heavy atom. The average Bonchev–Trinajstić information content (AvgIpc) is 2.77. The number of likely N-dealkylation sites (N-methyl/N-ethyl adjacent to an activating group) is 1. The van der Waals surface area contributed by atoms with Crippen LogP contribution in [-0.4, -0.2) is 50.1 Å². The van der Waals surface area contributed by atoms with E-state index in [4.69, 9.17) is 4.74 Å². The average molecular weight is 487 g/mol. The van der Waals surface area contributed by atoms with Gasteiger partial charge in [0.05, 0.1) is 30.1 Å². The summed E-state index contributed by atoms with van der Waals surface area (Å²) in [5.41, 5.74) is -0.256. The molecule has 7 nitrogen and oxygen atoms in total. The highest BCUT2D eigenvalue weighted by atomic mass is 19.4. The number of halogens is 5. The highest BCUT2D eigenvalue weighted by molar-refractivity contribution is 6.11. The third kappa shape index (κ3) is 5.56. The number of alkyl halides is 5. The van der Waals surface area contributed by atoms with Crippen molar-refractivity contribution in [2.45, 2.75) is 32.3 Å². The molecule has 0 radical (unpaired) electrons. The maximum atomic E-state index is 13.2. The number of amides is 2. The van der Waals surface area contributed by atoms with Gasteiger partial charge < -0.3 is 14.8 Å². The van der Waals surface area contributed by atoms with Crippen molar-refractivity contribution < 1.29 is 41.0 Å². The molecule has 1 N–H and O–H groups in total. The zero-order valence-corrected chi connectivity index (χ0v) is 18.5. The lowest BCUT2D eigenvalue weighted by Gasteiger charge is -2.34. The van der Waals surface area contributed by atoms with Gasteiger partial charge in [0.2, 0.25) is 11.8 Å². The van der Waals surface area contributed by atoms with Crippen molar-refractivity contribution in [2.24, 2.45) is 0 Å². The van der Waals surface area contributed by atoms with Gasteiger partial charge in [-0.3, -0.25) is 19.4 Å². The first-order chi connectivity index (χ1) is 15.9. The summed E-state index contributed by atoms with van der Waals surface area (Å²) in [5.74, 6) is -1.16. The van der Waals surface area contributed by atoms with Crippen LogP contribution in [0.3, 0.4) is 0 Å². The standard InChI is InChI=1S/C22H22F5N3O4/c1-12(29(2)10-13-4-7-17(34-21(23)24)18(8-13)33-3)20(32)30-11-19(31)28-15-9-14(22(25,26)27)5-6-16(15)30/h4-9,12,21H,10-11H2,1-3H3,(H,28,31). The Morgan fingerprint density at radius 2 is 1.88 bits per heavy atom. The summed E-state index contributed by atoms with van der Waals surface area (Å²) in [6, 6.07) is 6.36. The topological polar surface area (TPSA) is 71.1 Å². The lowest BCUT2D eigenvalue weighted by molar-refractivity contribution is -0.137. The molecule has 0 aliphatic carbocycles. The molecule has 2 amide bonds. The number of fused-ring (bicyclic) bond motifs is 1. The van der Waals surface area contributed by atoms with Gasteiger partial charge in [-0.1, -0.05) is 6.07 Å². The van der Waals surface area contributed by atoms with Crippen molar-refractivity contribution >= 4 is 23.2 Å². The van der Waals surface area contributed by atoms with E-state index in [-0.39, 0.29) is 36.0 Å². The van der Waals surface area contributed by atoms with Crippen molar-refractivity contribution in [3.63, 3.8) is 0 Å². The number of hydrogen-bond donors (Lipinski definition) is 1. The second-order valence-corrected chi connectivity index (χ2v) is 7.66. The number of nitrogens with zero attached hydrogens (tertiary/aromatic N) is 2. The lowest BCUT2D eigenvalue weighted by atomic mass is 10.1. The number of hydrogen-bond acceptors (Lipinski definition) is 5. The van der Waals surface area contributed by atoms with E-state index in [1.165, 1.54) is 25.3 Å². The monoisotopic (exact) mass is 487 g/mol. The minimum atomic E-state index is -4.60. The van der Waals surface area contributed by atoms with Crippen molar-refractivity contribution in [3.8, 4) is 11.5 Å². The largest absolute Gasteiger partial charge is 0.493 e. The summed E-state index contributed by atoms with van der Waals surface area (Å²) in [5, 5.41) is 2.37. The highest BCUT2D eigenvalue weighted by Gasteiger charge is 2.35. The van der Waals surface area contributed by atoms with Crippen LogP contribution in [0, 0.1) is 0 Å². The third-order valence-corrected chi connectivity index (χ3v) is 5.35. The fourth-order valence-electron chi connectivity index (χ4n) is 3.51. The van der Waals surface area contributed by atoms with Crippen molar-refractivity contribution in [2.75, 3.05) is 30.9 Å². The lowest BCUT2D eigenvalue weighted by Crippen LogP contribution is -2.50. The molecule has 184 valence electrons. The molecule has 3 rings (SSSR count). The maximum Gasteiger partial charge on any atom is 0.416 e. The molecule has 0 saturated heterocycles. The molecule has 0 fully saturated rings. The number of rotatable bonds is 7. The predicted octanol–water partition coefficient (Wildman–Crippen LogP) is 4.12. The van der Waals surface area contributed by atoms with E-state index in [0.29, 0.717) is 5.56 Å². The second-order valence-electron chi connectivity index (χ2n) is 7.66. The molecular weight excluding hydrogens is 465 g/mol. The Bertz CT molecular complexity index is 1080. The summed E-state index contributed by atoms with van der Waals surface area (Å²) in [6.07, 6.45) is -4.60. The zero-order valence-electron chi connectivity index (χ0n) is 18.5. The molecular formula is C22H22F5N3O4. The van der Waals surface area contributed by atoms with Crippen molar-refractivity contribution in [1.29, 1.82) is 0 Å². The molecule has 1 aliphatic heterocycles. The Morgan fingerprint density at radius 1 is 1.18 bits per heavy atom. The van der Waals surface area contributed by atoms with Crippen LogP contribution in [0.5, 0.6) is 11.5 Å². The van der Waals surface area contributed by atoms with E-state index in [2.05, 4.69) is 10.1 Å². The van der Waals surface area contributed by atoms with E-state index >= 15 is 0 Å². The van der Waals surface area contributed by atoms with E-state index in [9.17, 15) is 31.5 Å². The van der Waals surface area contributed by atoms with Gasteiger partial charge in [0.25, 0.3) is 0 Å². The van der Waals surface area contributed by atoms with E-state index < -0.39 is 36.2 Å². The molecule has 0 bridgehead atoms. The molecule has 2 aromatic rings. The third-order valence-electron chi connectivity index (χ3n) is 5.35. The number of methoxy groups -OCH3 is 1. The van der Waals surface area contributed by atoms with E-state index in [1.54, 1.807) is 18.9 Å². The number of anilines is 2. The molecule has 0 saturated carbocycles. The van der Waals surface area contributed by atoms with E-state index in [0.717, 1.165) is 23.1 Å². The summed E-state index contributed by atoms with van der Waals surface area (Å²) < 4.78 is 73.6. The van der Waals surface area contributed by atoms with Gasteiger partial charge in [0.1, 0.15) is 6.54 Å². The Hall–Kier alpha value is -3.41. The molecule has 1 heterocycles. The Labute approximate surface area is 192 Å². The summed E-state index contributed by atoms with van der Waals surface area (Å²) in [4.78, 5) is 28.0. The zero-order chi connectivity index (χ0) is 25.2. The SMILES string of the molecule is COc1cc(CN(C)C(C)C(=O)N2CC(=O)Nc3cc(C(F)(F)F)ccc32)ccc1OC(F)F. The van der Waals surface area contributed by atoms with Crippen LogP contribution in [-0.2, 0) is 22.3 Å². The smallest absolute Gasteiger partial charge is 0.416 e. The molecule has 0 spiro atoms. The van der Waals surface area contributed by atoms with Crippen molar-refractivity contribution in [1.82, 2.24) is 4.90 Å². The number of benzene rings is 2. The van der Waals surface area contributed by atoms with Gasteiger partial charge in [-0.15, -0.1) is 0 Å². The van der Waals surface area contributed by atoms with Gasteiger partial charge in [0, 0.05) is 6.54 Å². The van der Waals surface area contributed by atoms with Gasteiger partial charge in [-0.05, 0) is 49.9 Å². The van der Waals surface area contributed by atoms with Crippen LogP contribution in [0.15, 0.2) is 36.4 Å². The van der Waals surface area contributed by atoms with Crippen LogP contribution in [0.1, 0.15) is 18.1 Å². The van der Waals surface area contributed by atoms with Crippen LogP contribution in [0.4, 0.5) is 33.3 Å². The van der Waals surface area contributed by atoms with Crippen LogP contribution >= 0.6 is 0 Å². The maximum absolute atomic E-state index is 13.2. The second kappa shape index (κ2) is 9.84. The van der Waals surface area contributed by atoms with Crippen LogP contribution in [0.2, 0.25) is 0 Å². The summed E-state index contributed by atoms with van der Waals surface area (Å²) >= 11 is 0. The molecule has 1 unspecified atom stereocenters. The predicted molar refractivity (Wildman–Crippen MR) is 113 cm³/mol. The molecule has 1 atom stereocenters. The van der Waals surface area contributed by atoms with Crippen molar-refractivity contribution in [3.05, 3.63) is 47.5 Å². The first kappa shape index (κ1) is 25.2. The number of carbonyl (C=O) groups excluding carboxylic acids is 2. The van der Waals surface area contributed by atoms with Crippen LogP contribution < -0.4 is 19.7 Å². The fraction of sp³-hybridized carbons (Fsp3) is 0.364. The first-order valence-electron chi connectivity index (χ1n) is 10.0. The molecule has 0 aromatic heterocycles. The quantitative estimate of drug-likeness (QED) is 0.595. The highest BCUT2D eigenvalue weighted by Crippen LogP contribution is 2.37. The van der Waals surface area contributed by atoms with E-state index in [1.807, 2.05) is 0 Å². The Balaban J connectivity index is 1.78. The van der Waals surface area contributed by atoms with Gasteiger partial charge in [-0.2, -0.15) is 22.0 Å². The number of carbonyl (C=O) groups is 2. The van der Waals surface area contributed by atoms with Gasteiger partial charge in [-0.25, -0.2) is 0 Å². The summed E-state index contributed by atoms with van der Waals surface area (Å²) in [7, 11) is 2.94. The molecule has 2 aromatic carbocycles. The molecule has 1 aliphatic rings. The minimum absolute atomic E-state index is 0.0901. The normalized spacial score (nSPS) is 14.6. The van der Waals surface area contributed by atoms with Gasteiger partial charge >= 0.3 is 12.8 Å². The number of ether oxygens (including phenoxy) is 2. The molecule has 12 heteroatoms.